The molecule has 0 aromatic rings. The van der Waals surface area contributed by atoms with E-state index < -0.39 is 81.8 Å². The molecule has 31 heavy (non-hydrogen) atoms. The number of hydrogen-bond donors (Lipinski definition) is 1. The van der Waals surface area contributed by atoms with Crippen molar-refractivity contribution in [3.8, 4) is 0 Å². The zero-order valence-electron chi connectivity index (χ0n) is 17.5. The molecule has 0 bridgehead atoms. The van der Waals surface area contributed by atoms with Crippen LogP contribution in [-0.4, -0.2) is 38.4 Å². The van der Waals surface area contributed by atoms with Crippen LogP contribution in [0.5, 0.6) is 0 Å². The molecule has 1 aliphatic carbocycles. The van der Waals surface area contributed by atoms with Gasteiger partial charge in [-0.1, -0.05) is 20.8 Å². The molecular weight excluding hydrogens is 461 g/mol. The van der Waals surface area contributed by atoms with Crippen LogP contribution < -0.4 is 5.73 Å². The Kier molecular flexibility index (Phi) is 8.24. The fourth-order valence-electron chi connectivity index (χ4n) is 4.60. The number of primary amides is 1. The number of nitrogens with two attached hydrogens (primary N) is 1. The number of amides is 1. The van der Waals surface area contributed by atoms with Gasteiger partial charge in [0.15, 0.2) is 8.32 Å². The van der Waals surface area contributed by atoms with Crippen LogP contribution in [-0.2, 0) is 9.22 Å². The fraction of sp³-hybridized carbons (Fsp3) is 0.944. The summed E-state index contributed by atoms with van der Waals surface area (Å²) in [7, 11) is -3.46. The molecule has 3 nitrogen and oxygen atoms in total. The van der Waals surface area contributed by atoms with Crippen molar-refractivity contribution in [2.45, 2.75) is 95.1 Å². The van der Waals surface area contributed by atoms with Crippen molar-refractivity contribution in [3.05, 3.63) is 0 Å². The molecule has 1 saturated carbocycles. The predicted octanol–water partition coefficient (Wildman–Crippen LogP) is 6.49. The van der Waals surface area contributed by atoms with Gasteiger partial charge in [0.05, 0.1) is 11.8 Å². The normalized spacial score (nSPS) is 24.3. The van der Waals surface area contributed by atoms with Crippen LogP contribution in [0.3, 0.4) is 0 Å². The molecule has 0 unspecified atom stereocenters. The molecule has 2 N–H and O–H groups in total. The van der Waals surface area contributed by atoms with E-state index in [1.807, 2.05) is 0 Å². The minimum absolute atomic E-state index is 0.0138. The minimum atomic E-state index is -5.84. The summed E-state index contributed by atoms with van der Waals surface area (Å²) in [5.41, 5.74) is -1.64. The first kappa shape index (κ1) is 28.1. The van der Waals surface area contributed by atoms with Crippen LogP contribution in [0, 0.1) is 11.3 Å². The molecule has 1 amide bonds. The van der Waals surface area contributed by atoms with Crippen molar-refractivity contribution in [1.29, 1.82) is 0 Å². The van der Waals surface area contributed by atoms with Crippen LogP contribution in [0.15, 0.2) is 0 Å². The Morgan fingerprint density at radius 3 is 1.55 bits per heavy atom. The number of halogens is 9. The van der Waals surface area contributed by atoms with Gasteiger partial charge in [-0.3, -0.25) is 4.79 Å². The lowest BCUT2D eigenvalue weighted by atomic mass is 9.64. The second-order valence-corrected chi connectivity index (χ2v) is 13.0. The van der Waals surface area contributed by atoms with Gasteiger partial charge in [0, 0.05) is 5.92 Å². The summed E-state index contributed by atoms with van der Waals surface area (Å²) in [5, 5.41) is 0. The molecule has 1 aliphatic rings. The summed E-state index contributed by atoms with van der Waals surface area (Å²) < 4.78 is 129. The van der Waals surface area contributed by atoms with Gasteiger partial charge >= 0.3 is 18.5 Å². The van der Waals surface area contributed by atoms with E-state index in [2.05, 4.69) is 0 Å². The van der Waals surface area contributed by atoms with E-state index in [1.165, 1.54) is 20.8 Å². The average Bonchev–Trinajstić information content (AvgIpc) is 2.61. The zero-order chi connectivity index (χ0) is 24.5. The Bertz CT molecular complexity index is 597. The predicted molar refractivity (Wildman–Crippen MR) is 97.4 cm³/mol. The van der Waals surface area contributed by atoms with Gasteiger partial charge in [-0.2, -0.15) is 39.5 Å². The Labute approximate surface area is 176 Å². The van der Waals surface area contributed by atoms with Crippen molar-refractivity contribution in [1.82, 2.24) is 0 Å². The molecule has 0 aromatic heterocycles. The van der Waals surface area contributed by atoms with E-state index in [0.717, 1.165) is 0 Å². The number of carbonyl (C=O) groups excluding carboxylic acids is 1. The maximum atomic E-state index is 14.1. The van der Waals surface area contributed by atoms with Crippen molar-refractivity contribution in [3.63, 3.8) is 0 Å². The van der Waals surface area contributed by atoms with Gasteiger partial charge in [0.2, 0.25) is 5.91 Å². The van der Waals surface area contributed by atoms with Crippen molar-refractivity contribution in [2.24, 2.45) is 17.1 Å². The Balaban J connectivity index is 3.49. The van der Waals surface area contributed by atoms with E-state index in [4.69, 9.17) is 10.2 Å². The van der Waals surface area contributed by atoms with Crippen LogP contribution in [0.1, 0.15) is 52.9 Å². The molecule has 1 fully saturated rings. The molecule has 0 atom stereocenters. The largest absolute Gasteiger partial charge is 0.425 e. The summed E-state index contributed by atoms with van der Waals surface area (Å²) in [6.45, 7) is 4.41. The highest BCUT2D eigenvalue weighted by molar-refractivity contribution is 6.73. The van der Waals surface area contributed by atoms with Gasteiger partial charge in [-0.15, -0.1) is 0 Å². The summed E-state index contributed by atoms with van der Waals surface area (Å²) in [5.74, 6) is -3.56. The second kappa shape index (κ2) is 9.10. The second-order valence-electron chi connectivity index (χ2n) is 8.29. The third-order valence-electron chi connectivity index (χ3n) is 6.73. The van der Waals surface area contributed by atoms with E-state index in [0.29, 0.717) is 0 Å². The highest BCUT2D eigenvalue weighted by atomic mass is 28.4. The lowest BCUT2D eigenvalue weighted by Gasteiger charge is -2.51. The number of alkyl halides is 9. The smallest absolute Gasteiger partial charge is 0.396 e. The highest BCUT2D eigenvalue weighted by Crippen LogP contribution is 2.58. The van der Waals surface area contributed by atoms with Crippen molar-refractivity contribution >= 4 is 14.2 Å². The number of carbonyl (C=O) groups is 1. The van der Waals surface area contributed by atoms with E-state index in [-0.39, 0.29) is 18.1 Å². The SMILES string of the molecule is CC[Si](CC)(CC)OC(C1CCC(CC(F)(F)F)(C(N)=O)CC1)(C(F)(F)F)C(F)(F)F. The molecule has 0 aliphatic heterocycles. The molecular formula is C18H28F9NO2Si. The first-order chi connectivity index (χ1) is 13.9. The van der Waals surface area contributed by atoms with Crippen LogP contribution in [0.2, 0.25) is 18.1 Å². The molecule has 1 rings (SSSR count). The molecule has 0 radical (unpaired) electrons. The topological polar surface area (TPSA) is 52.3 Å². The summed E-state index contributed by atoms with van der Waals surface area (Å²) >= 11 is 0. The average molecular weight is 489 g/mol. The molecule has 13 heteroatoms. The zero-order valence-corrected chi connectivity index (χ0v) is 18.5. The molecule has 0 spiro atoms. The van der Waals surface area contributed by atoms with Gasteiger partial charge in [0.25, 0.3) is 5.60 Å². The van der Waals surface area contributed by atoms with Gasteiger partial charge < -0.3 is 10.2 Å². The number of hydrogen-bond acceptors (Lipinski definition) is 2. The standard InChI is InChI=1S/C18H28F9NO2Si/c1-4-31(5-2,6-3)30-16(17(22,23)24,18(25,26)27)12-7-9-14(10-8-12,13(28)29)11-15(19,20)21/h12H,4-11H2,1-3H3,(H2,28,29). The van der Waals surface area contributed by atoms with Crippen LogP contribution in [0.25, 0.3) is 0 Å². The summed E-state index contributed by atoms with van der Waals surface area (Å²) in [4.78, 5) is 11.7. The van der Waals surface area contributed by atoms with Crippen LogP contribution >= 0.6 is 0 Å². The van der Waals surface area contributed by atoms with Crippen molar-refractivity contribution < 1.29 is 48.7 Å². The van der Waals surface area contributed by atoms with E-state index >= 15 is 0 Å². The Morgan fingerprint density at radius 2 is 1.29 bits per heavy atom. The maximum absolute atomic E-state index is 14.1. The van der Waals surface area contributed by atoms with Gasteiger partial charge in [-0.25, -0.2) is 0 Å². The van der Waals surface area contributed by atoms with Gasteiger partial charge in [0.1, 0.15) is 0 Å². The monoisotopic (exact) mass is 489 g/mol. The summed E-state index contributed by atoms with van der Waals surface area (Å²) in [6.07, 6.45) is -21.7. The van der Waals surface area contributed by atoms with Crippen LogP contribution in [0.4, 0.5) is 39.5 Å². The minimum Gasteiger partial charge on any atom is -0.396 e. The van der Waals surface area contributed by atoms with E-state index in [9.17, 15) is 44.3 Å². The number of rotatable bonds is 8. The lowest BCUT2D eigenvalue weighted by Crippen LogP contribution is -2.68. The third kappa shape index (κ3) is 5.51. The fourth-order valence-corrected chi connectivity index (χ4v) is 7.62. The Morgan fingerprint density at radius 1 is 0.903 bits per heavy atom. The first-order valence-electron chi connectivity index (χ1n) is 10.1. The molecule has 0 heterocycles. The lowest BCUT2D eigenvalue weighted by molar-refractivity contribution is -0.381. The molecule has 184 valence electrons. The Hall–Kier alpha value is -0.983. The summed E-state index contributed by atoms with van der Waals surface area (Å²) in [6, 6.07) is 0.0414. The first-order valence-corrected chi connectivity index (χ1v) is 12.6. The molecule has 0 saturated heterocycles. The maximum Gasteiger partial charge on any atom is 0.425 e. The van der Waals surface area contributed by atoms with Gasteiger partial charge in [-0.05, 0) is 43.8 Å². The third-order valence-corrected chi connectivity index (χ3v) is 11.4. The quantitative estimate of drug-likeness (QED) is 0.313. The molecule has 0 aromatic carbocycles. The van der Waals surface area contributed by atoms with Crippen molar-refractivity contribution in [2.75, 3.05) is 0 Å². The highest BCUT2D eigenvalue weighted by Gasteiger charge is 2.77. The van der Waals surface area contributed by atoms with E-state index in [1.54, 1.807) is 0 Å².